The number of carbonyl (C=O) groups is 1. The third-order valence-corrected chi connectivity index (χ3v) is 3.32. The van der Waals surface area contributed by atoms with Gasteiger partial charge < -0.3 is 15.4 Å². The molecule has 0 radical (unpaired) electrons. The Bertz CT molecular complexity index is 430. The topological polar surface area (TPSA) is 55.6 Å². The summed E-state index contributed by atoms with van der Waals surface area (Å²) in [4.78, 5) is 13.9. The third kappa shape index (κ3) is 3.01. The number of carbonyl (C=O) groups excluding carboxylic acids is 1. The molecule has 100 valence electrons. The fourth-order valence-electron chi connectivity index (χ4n) is 1.73. The lowest BCUT2D eigenvalue weighted by Crippen LogP contribution is -2.45. The Kier molecular flexibility index (Phi) is 4.35. The fourth-order valence-corrected chi connectivity index (χ4v) is 1.73. The van der Waals surface area contributed by atoms with Crippen LogP contribution in [0.15, 0.2) is 24.3 Å². The predicted octanol–water partition coefficient (Wildman–Crippen LogP) is 2.21. The SMILES string of the molecule is COC(C)(C)C(=O)N(C)C(C)c1cccc(N)c1. The van der Waals surface area contributed by atoms with E-state index in [1.807, 2.05) is 31.2 Å². The van der Waals surface area contributed by atoms with E-state index in [4.69, 9.17) is 10.5 Å². The summed E-state index contributed by atoms with van der Waals surface area (Å²) in [5, 5.41) is 0. The van der Waals surface area contributed by atoms with Crippen molar-refractivity contribution in [2.45, 2.75) is 32.4 Å². The van der Waals surface area contributed by atoms with E-state index < -0.39 is 5.60 Å². The first-order valence-corrected chi connectivity index (χ1v) is 5.97. The van der Waals surface area contributed by atoms with Crippen LogP contribution in [-0.2, 0) is 9.53 Å². The number of nitrogens with two attached hydrogens (primary N) is 1. The molecule has 0 saturated heterocycles. The first-order valence-electron chi connectivity index (χ1n) is 5.97. The van der Waals surface area contributed by atoms with E-state index in [1.165, 1.54) is 7.11 Å². The van der Waals surface area contributed by atoms with Gasteiger partial charge in [0.1, 0.15) is 5.60 Å². The molecular weight excluding hydrogens is 228 g/mol. The zero-order valence-electron chi connectivity index (χ0n) is 11.7. The standard InChI is InChI=1S/C14H22N2O2/c1-10(11-7-6-8-12(15)9-11)16(4)13(17)14(2,3)18-5/h6-10H,15H2,1-5H3. The van der Waals surface area contributed by atoms with Gasteiger partial charge in [0.25, 0.3) is 5.91 Å². The van der Waals surface area contributed by atoms with Crippen molar-refractivity contribution in [1.29, 1.82) is 0 Å². The first-order chi connectivity index (χ1) is 8.29. The van der Waals surface area contributed by atoms with Gasteiger partial charge in [-0.15, -0.1) is 0 Å². The van der Waals surface area contributed by atoms with Crippen LogP contribution in [0.1, 0.15) is 32.4 Å². The molecule has 0 aromatic heterocycles. The Labute approximate surface area is 109 Å². The molecular formula is C14H22N2O2. The van der Waals surface area contributed by atoms with E-state index in [1.54, 1.807) is 25.8 Å². The summed E-state index contributed by atoms with van der Waals surface area (Å²) in [5.74, 6) is -0.0556. The van der Waals surface area contributed by atoms with Crippen LogP contribution >= 0.6 is 0 Å². The summed E-state index contributed by atoms with van der Waals surface area (Å²) >= 11 is 0. The molecule has 0 aliphatic heterocycles. The van der Waals surface area contributed by atoms with Crippen molar-refractivity contribution in [3.8, 4) is 0 Å². The molecule has 0 aliphatic carbocycles. The molecule has 1 unspecified atom stereocenters. The van der Waals surface area contributed by atoms with E-state index in [-0.39, 0.29) is 11.9 Å². The molecule has 1 amide bonds. The van der Waals surface area contributed by atoms with Crippen molar-refractivity contribution in [3.05, 3.63) is 29.8 Å². The first kappa shape index (κ1) is 14.5. The van der Waals surface area contributed by atoms with Gasteiger partial charge in [0.2, 0.25) is 0 Å². The second-order valence-corrected chi connectivity index (χ2v) is 4.98. The van der Waals surface area contributed by atoms with E-state index in [9.17, 15) is 4.79 Å². The number of hydrogen-bond donors (Lipinski definition) is 1. The third-order valence-electron chi connectivity index (χ3n) is 3.32. The van der Waals surface area contributed by atoms with E-state index >= 15 is 0 Å². The number of rotatable bonds is 4. The highest BCUT2D eigenvalue weighted by atomic mass is 16.5. The lowest BCUT2D eigenvalue weighted by Gasteiger charge is -2.32. The Morgan fingerprint density at radius 3 is 2.56 bits per heavy atom. The molecule has 1 aromatic carbocycles. The monoisotopic (exact) mass is 250 g/mol. The maximum atomic E-state index is 12.3. The van der Waals surface area contributed by atoms with Crippen LogP contribution in [0, 0.1) is 0 Å². The van der Waals surface area contributed by atoms with Gasteiger partial charge in [-0.3, -0.25) is 4.79 Å². The minimum absolute atomic E-state index is 0.0459. The van der Waals surface area contributed by atoms with Crippen LogP contribution in [0.4, 0.5) is 5.69 Å². The Morgan fingerprint density at radius 2 is 2.06 bits per heavy atom. The second kappa shape index (κ2) is 5.40. The molecule has 1 rings (SSSR count). The van der Waals surface area contributed by atoms with Gasteiger partial charge in [-0.2, -0.15) is 0 Å². The van der Waals surface area contributed by atoms with E-state index in [0.29, 0.717) is 5.69 Å². The lowest BCUT2D eigenvalue weighted by molar-refractivity contribution is -0.151. The molecule has 0 heterocycles. The normalized spacial score (nSPS) is 13.2. The number of anilines is 1. The van der Waals surface area contributed by atoms with Gasteiger partial charge in [-0.1, -0.05) is 12.1 Å². The number of benzene rings is 1. The smallest absolute Gasteiger partial charge is 0.254 e. The number of nitrogen functional groups attached to an aromatic ring is 1. The highest BCUT2D eigenvalue weighted by molar-refractivity contribution is 5.84. The summed E-state index contributed by atoms with van der Waals surface area (Å²) in [6.07, 6.45) is 0. The molecule has 1 atom stereocenters. The maximum Gasteiger partial charge on any atom is 0.254 e. The number of likely N-dealkylation sites (N-methyl/N-ethyl adjacent to an activating group) is 1. The van der Waals surface area contributed by atoms with Gasteiger partial charge >= 0.3 is 0 Å². The molecule has 0 bridgehead atoms. The van der Waals surface area contributed by atoms with Crippen LogP contribution < -0.4 is 5.73 Å². The summed E-state index contributed by atoms with van der Waals surface area (Å²) in [5.41, 5.74) is 6.65. The Morgan fingerprint density at radius 1 is 1.44 bits per heavy atom. The molecule has 0 saturated carbocycles. The van der Waals surface area contributed by atoms with Crippen LogP contribution in [0.2, 0.25) is 0 Å². The molecule has 0 fully saturated rings. The highest BCUT2D eigenvalue weighted by Gasteiger charge is 2.32. The second-order valence-electron chi connectivity index (χ2n) is 4.98. The molecule has 0 spiro atoms. The summed E-state index contributed by atoms with van der Waals surface area (Å²) in [6.45, 7) is 5.49. The zero-order valence-corrected chi connectivity index (χ0v) is 11.7. The highest BCUT2D eigenvalue weighted by Crippen LogP contribution is 2.24. The lowest BCUT2D eigenvalue weighted by atomic mass is 10.0. The van der Waals surface area contributed by atoms with Gasteiger partial charge in [0, 0.05) is 19.8 Å². The van der Waals surface area contributed by atoms with Crippen molar-refractivity contribution in [2.24, 2.45) is 0 Å². The Balaban J connectivity index is 2.91. The number of methoxy groups -OCH3 is 1. The minimum atomic E-state index is -0.816. The number of hydrogen-bond acceptors (Lipinski definition) is 3. The van der Waals surface area contributed by atoms with E-state index in [2.05, 4.69) is 0 Å². The van der Waals surface area contributed by atoms with Crippen LogP contribution in [0.25, 0.3) is 0 Å². The number of amides is 1. The average molecular weight is 250 g/mol. The molecule has 2 N–H and O–H groups in total. The molecule has 0 aliphatic rings. The summed E-state index contributed by atoms with van der Waals surface area (Å²) in [6, 6.07) is 7.52. The van der Waals surface area contributed by atoms with Crippen LogP contribution in [-0.4, -0.2) is 30.6 Å². The van der Waals surface area contributed by atoms with Gasteiger partial charge in [0.15, 0.2) is 0 Å². The van der Waals surface area contributed by atoms with E-state index in [0.717, 1.165) is 5.56 Å². The van der Waals surface area contributed by atoms with Crippen molar-refractivity contribution >= 4 is 11.6 Å². The maximum absolute atomic E-state index is 12.3. The largest absolute Gasteiger partial charge is 0.399 e. The quantitative estimate of drug-likeness (QED) is 0.834. The van der Waals surface area contributed by atoms with Crippen molar-refractivity contribution in [2.75, 3.05) is 19.9 Å². The summed E-state index contributed by atoms with van der Waals surface area (Å²) in [7, 11) is 3.31. The molecule has 1 aromatic rings. The number of nitrogens with zero attached hydrogens (tertiary/aromatic N) is 1. The van der Waals surface area contributed by atoms with Gasteiger partial charge in [-0.05, 0) is 38.5 Å². The zero-order chi connectivity index (χ0) is 13.9. The number of ether oxygens (including phenoxy) is 1. The van der Waals surface area contributed by atoms with Gasteiger partial charge in [0.05, 0.1) is 6.04 Å². The molecule has 4 nitrogen and oxygen atoms in total. The van der Waals surface area contributed by atoms with Crippen molar-refractivity contribution in [3.63, 3.8) is 0 Å². The summed E-state index contributed by atoms with van der Waals surface area (Å²) < 4.78 is 5.21. The average Bonchev–Trinajstić information content (AvgIpc) is 2.36. The predicted molar refractivity (Wildman–Crippen MR) is 73.1 cm³/mol. The molecule has 18 heavy (non-hydrogen) atoms. The van der Waals surface area contributed by atoms with Crippen molar-refractivity contribution in [1.82, 2.24) is 4.90 Å². The Hall–Kier alpha value is -1.55. The minimum Gasteiger partial charge on any atom is -0.399 e. The molecule has 4 heteroatoms. The van der Waals surface area contributed by atoms with Crippen LogP contribution in [0.5, 0.6) is 0 Å². The van der Waals surface area contributed by atoms with Crippen molar-refractivity contribution < 1.29 is 9.53 Å². The van der Waals surface area contributed by atoms with Gasteiger partial charge in [-0.25, -0.2) is 0 Å². The van der Waals surface area contributed by atoms with Crippen LogP contribution in [0.3, 0.4) is 0 Å². The fraction of sp³-hybridized carbons (Fsp3) is 0.500.